The maximum Gasteiger partial charge on any atom is 0.307 e. The summed E-state index contributed by atoms with van der Waals surface area (Å²) >= 11 is 0. The van der Waals surface area contributed by atoms with Crippen molar-refractivity contribution in [2.24, 2.45) is 0 Å². The number of hydrogen-bond donors (Lipinski definition) is 3. The van der Waals surface area contributed by atoms with Gasteiger partial charge in [0.25, 0.3) is 11.2 Å². The number of carbonyl (C=O) groups is 2. The number of nitrogens with one attached hydrogen (secondary N) is 2. The maximum absolute atomic E-state index is 14.4. The van der Waals surface area contributed by atoms with Crippen LogP contribution >= 0.6 is 0 Å². The number of benzene rings is 3. The Hall–Kier alpha value is -5.03. The van der Waals surface area contributed by atoms with Crippen LogP contribution in [-0.2, 0) is 20.9 Å². The highest BCUT2D eigenvalue weighted by molar-refractivity contribution is 5.89. The first-order chi connectivity index (χ1) is 21.1. The number of pyridine rings is 1. The van der Waals surface area contributed by atoms with Crippen molar-refractivity contribution >= 4 is 34.0 Å². The Morgan fingerprint density at radius 3 is 2.61 bits per heavy atom. The summed E-state index contributed by atoms with van der Waals surface area (Å²) in [6.07, 6.45) is 1.50. The standard InChI is InChI=1S/C33H36N4O7/c1-4-44-30(39)13-15-36(19-23-6-5-7-27(17-23)37(42)43)33(41)31(25-9-11-28(21(2)16-25)22(3)20-38)35-26-10-8-24-12-14-34-32(40)29(24)18-26/h5-12,14,16-18,22,31,35,38H,4,13,15,19-20H2,1-3H3,(H,34,40)/t22-,31?/m0/s1. The fourth-order valence-electron chi connectivity index (χ4n) is 5.15. The number of non-ortho nitro benzene ring substituents is 1. The van der Waals surface area contributed by atoms with E-state index in [9.17, 15) is 29.6 Å². The zero-order valence-electron chi connectivity index (χ0n) is 24.9. The Balaban J connectivity index is 1.77. The van der Waals surface area contributed by atoms with Crippen molar-refractivity contribution in [3.8, 4) is 0 Å². The lowest BCUT2D eigenvalue weighted by Gasteiger charge is -2.29. The van der Waals surface area contributed by atoms with Crippen molar-refractivity contribution in [3.63, 3.8) is 0 Å². The number of ether oxygens (including phenoxy) is 1. The number of aryl methyl sites for hydroxylation is 1. The Kier molecular flexibility index (Phi) is 10.5. The van der Waals surface area contributed by atoms with Crippen molar-refractivity contribution in [2.75, 3.05) is 25.1 Å². The minimum absolute atomic E-state index is 0.00803. The molecule has 44 heavy (non-hydrogen) atoms. The van der Waals surface area contributed by atoms with E-state index in [-0.39, 0.29) is 55.8 Å². The van der Waals surface area contributed by atoms with Gasteiger partial charge < -0.3 is 25.0 Å². The first kappa shape index (κ1) is 31.9. The molecule has 4 rings (SSSR count). The summed E-state index contributed by atoms with van der Waals surface area (Å²) in [6.45, 7) is 5.69. The molecule has 1 aromatic heterocycles. The molecule has 0 fully saturated rings. The molecule has 0 aliphatic carbocycles. The van der Waals surface area contributed by atoms with E-state index in [0.717, 1.165) is 16.5 Å². The van der Waals surface area contributed by atoms with Crippen molar-refractivity contribution in [3.05, 3.63) is 116 Å². The zero-order valence-corrected chi connectivity index (χ0v) is 24.9. The number of aliphatic hydroxyl groups excluding tert-OH is 1. The van der Waals surface area contributed by atoms with Crippen LogP contribution in [0.1, 0.15) is 54.5 Å². The van der Waals surface area contributed by atoms with E-state index >= 15 is 0 Å². The second-order valence-electron chi connectivity index (χ2n) is 10.6. The molecule has 0 aliphatic heterocycles. The van der Waals surface area contributed by atoms with Crippen molar-refractivity contribution in [1.82, 2.24) is 9.88 Å². The summed E-state index contributed by atoms with van der Waals surface area (Å²) in [6, 6.07) is 17.6. The van der Waals surface area contributed by atoms with Crippen LogP contribution < -0.4 is 10.9 Å². The van der Waals surface area contributed by atoms with Gasteiger partial charge in [-0.25, -0.2) is 0 Å². The average molecular weight is 601 g/mol. The molecule has 1 heterocycles. The molecule has 0 spiro atoms. The molecule has 0 aliphatic rings. The summed E-state index contributed by atoms with van der Waals surface area (Å²) in [5.74, 6) is -0.959. The molecule has 0 radical (unpaired) electrons. The zero-order chi connectivity index (χ0) is 31.8. The number of aliphatic hydroxyl groups is 1. The molecular weight excluding hydrogens is 564 g/mol. The highest BCUT2D eigenvalue weighted by atomic mass is 16.6. The smallest absolute Gasteiger partial charge is 0.307 e. The summed E-state index contributed by atoms with van der Waals surface area (Å²) in [5.41, 5.74) is 3.12. The highest BCUT2D eigenvalue weighted by Gasteiger charge is 2.28. The average Bonchev–Trinajstić information content (AvgIpc) is 3.01. The van der Waals surface area contributed by atoms with Crippen molar-refractivity contribution < 1.29 is 24.4 Å². The second kappa shape index (κ2) is 14.4. The second-order valence-corrected chi connectivity index (χ2v) is 10.6. The predicted molar refractivity (Wildman–Crippen MR) is 167 cm³/mol. The fourth-order valence-corrected chi connectivity index (χ4v) is 5.15. The molecule has 1 amide bonds. The van der Waals surface area contributed by atoms with Crippen LogP contribution in [0, 0.1) is 17.0 Å². The Labute approximate surface area is 254 Å². The number of carbonyl (C=O) groups excluding carboxylic acids is 2. The number of rotatable bonds is 13. The molecule has 3 N–H and O–H groups in total. The molecule has 4 aromatic rings. The molecule has 11 heteroatoms. The number of nitro benzene ring substituents is 1. The monoisotopic (exact) mass is 600 g/mol. The third kappa shape index (κ3) is 7.67. The number of nitro groups is 1. The van der Waals surface area contributed by atoms with Gasteiger partial charge in [0.2, 0.25) is 5.91 Å². The van der Waals surface area contributed by atoms with E-state index in [4.69, 9.17) is 4.74 Å². The minimum Gasteiger partial charge on any atom is -0.466 e. The van der Waals surface area contributed by atoms with Crippen LogP contribution in [0.4, 0.5) is 11.4 Å². The van der Waals surface area contributed by atoms with Gasteiger partial charge in [0, 0.05) is 55.0 Å². The number of hydrogen-bond acceptors (Lipinski definition) is 8. The van der Waals surface area contributed by atoms with Gasteiger partial charge in [-0.15, -0.1) is 0 Å². The number of fused-ring (bicyclic) bond motifs is 1. The summed E-state index contributed by atoms with van der Waals surface area (Å²) in [4.78, 5) is 54.3. The molecule has 0 saturated carbocycles. The summed E-state index contributed by atoms with van der Waals surface area (Å²) in [5, 5.41) is 25.6. The van der Waals surface area contributed by atoms with Gasteiger partial charge in [0.1, 0.15) is 6.04 Å². The van der Waals surface area contributed by atoms with E-state index < -0.39 is 16.9 Å². The number of H-pyrrole nitrogens is 1. The van der Waals surface area contributed by atoms with Gasteiger partial charge in [-0.3, -0.25) is 24.5 Å². The molecular formula is C33H36N4O7. The van der Waals surface area contributed by atoms with Crippen LogP contribution in [0.2, 0.25) is 0 Å². The molecule has 0 bridgehead atoms. The Morgan fingerprint density at radius 1 is 1.11 bits per heavy atom. The van der Waals surface area contributed by atoms with Crippen molar-refractivity contribution in [1.29, 1.82) is 0 Å². The number of esters is 1. The van der Waals surface area contributed by atoms with Gasteiger partial charge in [0.15, 0.2) is 0 Å². The number of nitrogens with zero attached hydrogens (tertiary/aromatic N) is 2. The van der Waals surface area contributed by atoms with Gasteiger partial charge in [-0.05, 0) is 59.7 Å². The predicted octanol–water partition coefficient (Wildman–Crippen LogP) is 4.98. The van der Waals surface area contributed by atoms with E-state index in [1.54, 1.807) is 49.5 Å². The SMILES string of the molecule is CCOC(=O)CCN(Cc1cccc([N+](=O)[O-])c1)C(=O)C(Nc1ccc2cc[nH]c(=O)c2c1)c1ccc([C@@H](C)CO)c(C)c1. The number of aromatic amines is 1. The minimum atomic E-state index is -0.951. The van der Waals surface area contributed by atoms with Gasteiger partial charge >= 0.3 is 5.97 Å². The lowest BCUT2D eigenvalue weighted by Crippen LogP contribution is -2.39. The van der Waals surface area contributed by atoms with Gasteiger partial charge in [-0.2, -0.15) is 0 Å². The largest absolute Gasteiger partial charge is 0.466 e. The van der Waals surface area contributed by atoms with Gasteiger partial charge in [0.05, 0.1) is 18.0 Å². The van der Waals surface area contributed by atoms with Crippen LogP contribution in [0.25, 0.3) is 10.8 Å². The number of amides is 1. The van der Waals surface area contributed by atoms with E-state index in [0.29, 0.717) is 22.2 Å². The molecule has 2 atom stereocenters. The van der Waals surface area contributed by atoms with Gasteiger partial charge in [-0.1, -0.05) is 43.3 Å². The Bertz CT molecular complexity index is 1720. The molecule has 3 aromatic carbocycles. The van der Waals surface area contributed by atoms with Crippen molar-refractivity contribution in [2.45, 2.75) is 45.7 Å². The van der Waals surface area contributed by atoms with Crippen LogP contribution in [-0.4, -0.2) is 51.5 Å². The Morgan fingerprint density at radius 2 is 1.91 bits per heavy atom. The lowest BCUT2D eigenvalue weighted by atomic mass is 9.93. The molecule has 230 valence electrons. The first-order valence-electron chi connectivity index (χ1n) is 14.4. The van der Waals surface area contributed by atoms with E-state index in [1.165, 1.54) is 17.0 Å². The summed E-state index contributed by atoms with van der Waals surface area (Å²) in [7, 11) is 0. The molecule has 1 unspecified atom stereocenters. The van der Waals surface area contributed by atoms with E-state index in [1.807, 2.05) is 32.0 Å². The van der Waals surface area contributed by atoms with Crippen LogP contribution in [0.15, 0.2) is 77.7 Å². The lowest BCUT2D eigenvalue weighted by molar-refractivity contribution is -0.384. The topological polar surface area (TPSA) is 155 Å². The first-order valence-corrected chi connectivity index (χ1v) is 14.4. The molecule has 0 saturated heterocycles. The summed E-state index contributed by atoms with van der Waals surface area (Å²) < 4.78 is 5.09. The number of anilines is 1. The molecule has 11 nitrogen and oxygen atoms in total. The normalized spacial score (nSPS) is 12.4. The third-order valence-corrected chi connectivity index (χ3v) is 7.46. The number of aromatic nitrogens is 1. The maximum atomic E-state index is 14.4. The fraction of sp³-hybridized carbons (Fsp3) is 0.303. The van der Waals surface area contributed by atoms with Crippen LogP contribution in [0.5, 0.6) is 0 Å². The highest BCUT2D eigenvalue weighted by Crippen LogP contribution is 2.29. The van der Waals surface area contributed by atoms with Crippen LogP contribution in [0.3, 0.4) is 0 Å². The van der Waals surface area contributed by atoms with E-state index in [2.05, 4.69) is 10.3 Å². The quantitative estimate of drug-likeness (QED) is 0.110. The third-order valence-electron chi connectivity index (χ3n) is 7.46.